The maximum absolute atomic E-state index is 12.5. The zero-order valence-electron chi connectivity index (χ0n) is 16.6. The molecule has 7 nitrogen and oxygen atoms in total. The van der Waals surface area contributed by atoms with E-state index in [9.17, 15) is 19.2 Å². The molecule has 0 radical (unpaired) electrons. The van der Waals surface area contributed by atoms with Crippen LogP contribution in [0.4, 0.5) is 0 Å². The van der Waals surface area contributed by atoms with Gasteiger partial charge in [0.15, 0.2) is 0 Å². The average Bonchev–Trinajstić information content (AvgIpc) is 2.90. The zero-order chi connectivity index (χ0) is 21.2. The molecule has 2 N–H and O–H groups in total. The number of amides is 4. The molecule has 0 atom stereocenters. The molecule has 4 amide bonds. The summed E-state index contributed by atoms with van der Waals surface area (Å²) in [5.41, 5.74) is 1.38. The van der Waals surface area contributed by atoms with Gasteiger partial charge in [0.25, 0.3) is 17.7 Å². The van der Waals surface area contributed by atoms with Crippen molar-refractivity contribution in [1.82, 2.24) is 15.5 Å². The predicted octanol–water partition coefficient (Wildman–Crippen LogP) is 2.13. The predicted molar refractivity (Wildman–Crippen MR) is 107 cm³/mol. The Hall–Kier alpha value is -3.48. The number of benzene rings is 2. The van der Waals surface area contributed by atoms with E-state index in [4.69, 9.17) is 0 Å². The Morgan fingerprint density at radius 2 is 1.55 bits per heavy atom. The minimum Gasteiger partial charge on any atom is -0.350 e. The standard InChI is InChI=1S/C22H23N3O4/c1-22(2,3)24-18(26)12-23-19(27)15-8-6-7-14(11-15)13-25-20(28)16-9-4-5-10-17(16)21(25)29/h4-11H,12-13H2,1-3H3,(H,23,27)(H,24,26). The molecular weight excluding hydrogens is 370 g/mol. The first kappa shape index (κ1) is 20.3. The van der Waals surface area contributed by atoms with Gasteiger partial charge in [-0.2, -0.15) is 0 Å². The molecule has 1 aliphatic heterocycles. The molecule has 0 saturated heterocycles. The molecule has 29 heavy (non-hydrogen) atoms. The first-order chi connectivity index (χ1) is 13.7. The Morgan fingerprint density at radius 3 is 2.14 bits per heavy atom. The van der Waals surface area contributed by atoms with Gasteiger partial charge in [-0.05, 0) is 50.6 Å². The van der Waals surface area contributed by atoms with Gasteiger partial charge in [0, 0.05) is 11.1 Å². The minimum absolute atomic E-state index is 0.0674. The largest absolute Gasteiger partial charge is 0.350 e. The Bertz CT molecular complexity index is 957. The van der Waals surface area contributed by atoms with E-state index >= 15 is 0 Å². The highest BCUT2D eigenvalue weighted by Gasteiger charge is 2.35. The van der Waals surface area contributed by atoms with Crippen molar-refractivity contribution < 1.29 is 19.2 Å². The number of carbonyl (C=O) groups is 4. The number of rotatable bonds is 5. The van der Waals surface area contributed by atoms with E-state index in [1.807, 2.05) is 20.8 Å². The summed E-state index contributed by atoms with van der Waals surface area (Å²) in [7, 11) is 0. The molecule has 1 aliphatic rings. The summed E-state index contributed by atoms with van der Waals surface area (Å²) >= 11 is 0. The third kappa shape index (κ3) is 4.68. The van der Waals surface area contributed by atoms with Crippen LogP contribution in [-0.4, -0.2) is 40.6 Å². The second-order valence-corrected chi connectivity index (χ2v) is 7.92. The highest BCUT2D eigenvalue weighted by molar-refractivity contribution is 6.21. The van der Waals surface area contributed by atoms with Crippen LogP contribution < -0.4 is 10.6 Å². The molecule has 7 heteroatoms. The van der Waals surface area contributed by atoms with E-state index in [1.165, 1.54) is 4.90 Å². The monoisotopic (exact) mass is 393 g/mol. The van der Waals surface area contributed by atoms with Gasteiger partial charge in [0.1, 0.15) is 0 Å². The molecule has 0 spiro atoms. The van der Waals surface area contributed by atoms with Crippen molar-refractivity contribution >= 4 is 23.6 Å². The molecule has 0 aliphatic carbocycles. The van der Waals surface area contributed by atoms with Crippen LogP contribution in [-0.2, 0) is 11.3 Å². The summed E-state index contributed by atoms with van der Waals surface area (Å²) in [6.45, 7) is 5.50. The van der Waals surface area contributed by atoms with Gasteiger partial charge in [-0.3, -0.25) is 24.1 Å². The van der Waals surface area contributed by atoms with Crippen molar-refractivity contribution in [3.63, 3.8) is 0 Å². The summed E-state index contributed by atoms with van der Waals surface area (Å²) in [6, 6.07) is 13.3. The van der Waals surface area contributed by atoms with Crippen LogP contribution in [0, 0.1) is 0 Å². The fourth-order valence-electron chi connectivity index (χ4n) is 3.10. The van der Waals surface area contributed by atoms with E-state index in [1.54, 1.807) is 48.5 Å². The average molecular weight is 393 g/mol. The maximum Gasteiger partial charge on any atom is 0.261 e. The summed E-state index contributed by atoms with van der Waals surface area (Å²) < 4.78 is 0. The lowest BCUT2D eigenvalue weighted by molar-refractivity contribution is -0.121. The van der Waals surface area contributed by atoms with Gasteiger partial charge in [0.05, 0.1) is 24.2 Å². The quantitative estimate of drug-likeness (QED) is 0.761. The van der Waals surface area contributed by atoms with Crippen LogP contribution in [0.15, 0.2) is 48.5 Å². The van der Waals surface area contributed by atoms with Gasteiger partial charge in [0.2, 0.25) is 5.91 Å². The van der Waals surface area contributed by atoms with Crippen molar-refractivity contribution in [1.29, 1.82) is 0 Å². The highest BCUT2D eigenvalue weighted by Crippen LogP contribution is 2.24. The fourth-order valence-corrected chi connectivity index (χ4v) is 3.10. The lowest BCUT2D eigenvalue weighted by Gasteiger charge is -2.20. The van der Waals surface area contributed by atoms with Crippen LogP contribution >= 0.6 is 0 Å². The molecule has 150 valence electrons. The number of hydrogen-bond donors (Lipinski definition) is 2. The third-order valence-electron chi connectivity index (χ3n) is 4.33. The second-order valence-electron chi connectivity index (χ2n) is 7.92. The Balaban J connectivity index is 1.66. The van der Waals surface area contributed by atoms with E-state index in [0.29, 0.717) is 22.3 Å². The second kappa shape index (κ2) is 7.87. The van der Waals surface area contributed by atoms with Crippen molar-refractivity contribution in [2.45, 2.75) is 32.9 Å². The zero-order valence-corrected chi connectivity index (χ0v) is 16.6. The molecule has 0 saturated carbocycles. The van der Waals surface area contributed by atoms with Gasteiger partial charge < -0.3 is 10.6 Å². The molecule has 0 fully saturated rings. The molecule has 0 bridgehead atoms. The lowest BCUT2D eigenvalue weighted by Crippen LogP contribution is -2.45. The molecule has 0 aromatic heterocycles. The van der Waals surface area contributed by atoms with Gasteiger partial charge in [-0.25, -0.2) is 0 Å². The van der Waals surface area contributed by atoms with Crippen LogP contribution in [0.25, 0.3) is 0 Å². The normalized spacial score (nSPS) is 13.3. The Morgan fingerprint density at radius 1 is 0.931 bits per heavy atom. The minimum atomic E-state index is -0.404. The number of fused-ring (bicyclic) bond motifs is 1. The van der Waals surface area contributed by atoms with E-state index in [-0.39, 0.29) is 36.3 Å². The molecule has 3 rings (SSSR count). The molecule has 2 aromatic rings. The first-order valence-electron chi connectivity index (χ1n) is 9.29. The first-order valence-corrected chi connectivity index (χ1v) is 9.29. The van der Waals surface area contributed by atoms with Crippen molar-refractivity contribution in [3.05, 3.63) is 70.8 Å². The van der Waals surface area contributed by atoms with Crippen LogP contribution in [0.2, 0.25) is 0 Å². The summed E-state index contributed by atoms with van der Waals surface area (Å²) in [5.74, 6) is -1.38. The number of nitrogens with zero attached hydrogens (tertiary/aromatic N) is 1. The third-order valence-corrected chi connectivity index (χ3v) is 4.33. The van der Waals surface area contributed by atoms with Crippen LogP contribution in [0.3, 0.4) is 0 Å². The van der Waals surface area contributed by atoms with Crippen LogP contribution in [0.1, 0.15) is 57.4 Å². The highest BCUT2D eigenvalue weighted by atomic mass is 16.2. The van der Waals surface area contributed by atoms with Crippen molar-refractivity contribution in [2.24, 2.45) is 0 Å². The van der Waals surface area contributed by atoms with Gasteiger partial charge in [-0.15, -0.1) is 0 Å². The molecular formula is C22H23N3O4. The number of imide groups is 1. The number of hydrogen-bond acceptors (Lipinski definition) is 4. The van der Waals surface area contributed by atoms with E-state index in [2.05, 4.69) is 10.6 Å². The smallest absolute Gasteiger partial charge is 0.261 e. The van der Waals surface area contributed by atoms with Crippen molar-refractivity contribution in [2.75, 3.05) is 6.54 Å². The van der Waals surface area contributed by atoms with Gasteiger partial charge >= 0.3 is 0 Å². The SMILES string of the molecule is CC(C)(C)NC(=O)CNC(=O)c1cccc(CN2C(=O)c3ccccc3C2=O)c1. The number of nitrogens with one attached hydrogen (secondary N) is 2. The van der Waals surface area contributed by atoms with E-state index in [0.717, 1.165) is 0 Å². The summed E-state index contributed by atoms with van der Waals surface area (Å²) in [5, 5.41) is 5.34. The Labute approximate surface area is 169 Å². The number of carbonyl (C=O) groups excluding carboxylic acids is 4. The van der Waals surface area contributed by atoms with Crippen LogP contribution in [0.5, 0.6) is 0 Å². The molecule has 0 unspecified atom stereocenters. The van der Waals surface area contributed by atoms with Gasteiger partial charge in [-0.1, -0.05) is 24.3 Å². The summed E-state index contributed by atoms with van der Waals surface area (Å²) in [4.78, 5) is 50.4. The Kier molecular flexibility index (Phi) is 5.50. The topological polar surface area (TPSA) is 95.6 Å². The summed E-state index contributed by atoms with van der Waals surface area (Å²) in [6.07, 6.45) is 0. The van der Waals surface area contributed by atoms with Crippen molar-refractivity contribution in [3.8, 4) is 0 Å². The molecule has 2 aromatic carbocycles. The molecule has 1 heterocycles. The van der Waals surface area contributed by atoms with E-state index < -0.39 is 5.91 Å². The maximum atomic E-state index is 12.5. The lowest BCUT2D eigenvalue weighted by atomic mass is 10.1. The fraction of sp³-hybridized carbons (Fsp3) is 0.273.